The first-order valence-corrected chi connectivity index (χ1v) is 6.75. The normalized spacial score (nSPS) is 20.4. The van der Waals surface area contributed by atoms with Gasteiger partial charge in [-0.2, -0.15) is 0 Å². The lowest BCUT2D eigenvalue weighted by Gasteiger charge is -2.13. The summed E-state index contributed by atoms with van der Waals surface area (Å²) in [6, 6.07) is 8.46. The number of hydrogen-bond donors (Lipinski definition) is 2. The van der Waals surface area contributed by atoms with E-state index in [4.69, 9.17) is 5.73 Å². The van der Waals surface area contributed by atoms with Crippen molar-refractivity contribution in [1.82, 2.24) is 4.98 Å². The second-order valence-electron chi connectivity index (χ2n) is 6.62. The second-order valence-corrected chi connectivity index (χ2v) is 6.62. The predicted octanol–water partition coefficient (Wildman–Crippen LogP) is 3.66. The molecule has 2 aromatic rings. The number of benzene rings is 1. The highest BCUT2D eigenvalue weighted by atomic mass is 15.1. The van der Waals surface area contributed by atoms with Crippen LogP contribution in [0.4, 0.5) is 11.4 Å². The number of anilines is 2. The summed E-state index contributed by atoms with van der Waals surface area (Å²) < 4.78 is 0. The van der Waals surface area contributed by atoms with Gasteiger partial charge in [-0.3, -0.25) is 4.98 Å². The van der Waals surface area contributed by atoms with Gasteiger partial charge in [-0.1, -0.05) is 27.7 Å². The molecule has 3 N–H and O–H groups in total. The number of nitrogens with zero attached hydrogens (tertiary/aromatic N) is 1. The van der Waals surface area contributed by atoms with E-state index >= 15 is 0 Å². The first-order chi connectivity index (χ1) is 8.85. The van der Waals surface area contributed by atoms with Crippen molar-refractivity contribution < 1.29 is 0 Å². The Kier molecular flexibility index (Phi) is 2.34. The second kappa shape index (κ2) is 3.62. The molecular formula is C16H21N3. The van der Waals surface area contributed by atoms with Crippen LogP contribution in [0, 0.1) is 10.8 Å². The van der Waals surface area contributed by atoms with Crippen LogP contribution in [-0.2, 0) is 0 Å². The third-order valence-electron chi connectivity index (χ3n) is 5.15. The molecule has 1 aliphatic rings. The maximum absolute atomic E-state index is 6.27. The minimum Gasteiger partial charge on any atom is -0.397 e. The zero-order valence-electron chi connectivity index (χ0n) is 12.0. The van der Waals surface area contributed by atoms with Crippen molar-refractivity contribution in [1.29, 1.82) is 0 Å². The fourth-order valence-electron chi connectivity index (χ4n) is 3.01. The van der Waals surface area contributed by atoms with Crippen molar-refractivity contribution >= 4 is 22.3 Å². The van der Waals surface area contributed by atoms with E-state index in [2.05, 4.69) is 38.0 Å². The van der Waals surface area contributed by atoms with Gasteiger partial charge in [0.15, 0.2) is 0 Å². The average Bonchev–Trinajstić information content (AvgIpc) is 2.75. The van der Waals surface area contributed by atoms with Gasteiger partial charge in [0.05, 0.1) is 16.9 Å². The monoisotopic (exact) mass is 255 g/mol. The number of aromatic nitrogens is 1. The largest absolute Gasteiger partial charge is 0.397 e. The Morgan fingerprint density at radius 1 is 1.11 bits per heavy atom. The van der Waals surface area contributed by atoms with Crippen LogP contribution in [0.1, 0.15) is 27.7 Å². The number of nitrogen functional groups attached to an aromatic ring is 1. The molecule has 0 radical (unpaired) electrons. The Balaban J connectivity index is 1.97. The summed E-state index contributed by atoms with van der Waals surface area (Å²) in [5.41, 5.74) is 9.62. The van der Waals surface area contributed by atoms with E-state index in [9.17, 15) is 0 Å². The molecule has 3 rings (SSSR count). The van der Waals surface area contributed by atoms with Crippen molar-refractivity contribution in [3.8, 4) is 0 Å². The number of nitrogens with one attached hydrogen (secondary N) is 1. The van der Waals surface area contributed by atoms with Gasteiger partial charge in [-0.05, 0) is 35.1 Å². The summed E-state index contributed by atoms with van der Waals surface area (Å²) in [6.07, 6.45) is 1.79. The molecule has 0 amide bonds. The molecule has 1 aromatic carbocycles. The molecule has 0 unspecified atom stereocenters. The lowest BCUT2D eigenvalue weighted by Crippen LogP contribution is -2.11. The Hall–Kier alpha value is -1.77. The molecule has 100 valence electrons. The summed E-state index contributed by atoms with van der Waals surface area (Å²) in [5.74, 6) is 0. The molecule has 3 heteroatoms. The molecule has 3 nitrogen and oxygen atoms in total. The molecule has 0 saturated heterocycles. The zero-order chi connectivity index (χ0) is 13.8. The van der Waals surface area contributed by atoms with Gasteiger partial charge in [0, 0.05) is 17.6 Å². The van der Waals surface area contributed by atoms with Gasteiger partial charge >= 0.3 is 0 Å². The van der Waals surface area contributed by atoms with Crippen LogP contribution < -0.4 is 11.1 Å². The van der Waals surface area contributed by atoms with Crippen LogP contribution in [-0.4, -0.2) is 11.0 Å². The molecule has 1 aliphatic carbocycles. The summed E-state index contributed by atoms with van der Waals surface area (Å²) >= 11 is 0. The fourth-order valence-corrected chi connectivity index (χ4v) is 3.01. The summed E-state index contributed by atoms with van der Waals surface area (Å²) in [4.78, 5) is 4.33. The summed E-state index contributed by atoms with van der Waals surface area (Å²) in [7, 11) is 0. The van der Waals surface area contributed by atoms with Crippen LogP contribution in [0.25, 0.3) is 10.9 Å². The van der Waals surface area contributed by atoms with E-state index in [1.54, 1.807) is 6.20 Å². The third kappa shape index (κ3) is 1.61. The molecule has 0 spiro atoms. The molecule has 1 fully saturated rings. The molecular weight excluding hydrogens is 234 g/mol. The van der Waals surface area contributed by atoms with Crippen molar-refractivity contribution in [2.45, 2.75) is 33.7 Å². The van der Waals surface area contributed by atoms with Crippen molar-refractivity contribution in [3.63, 3.8) is 0 Å². The van der Waals surface area contributed by atoms with Crippen molar-refractivity contribution in [2.24, 2.45) is 10.8 Å². The van der Waals surface area contributed by atoms with Crippen molar-refractivity contribution in [3.05, 3.63) is 30.5 Å². The van der Waals surface area contributed by atoms with Gasteiger partial charge in [-0.15, -0.1) is 0 Å². The van der Waals surface area contributed by atoms with E-state index in [-0.39, 0.29) is 0 Å². The van der Waals surface area contributed by atoms with E-state index in [1.807, 2.05) is 24.3 Å². The number of fused-ring (bicyclic) bond motifs is 1. The number of hydrogen-bond acceptors (Lipinski definition) is 3. The number of nitrogens with two attached hydrogens (primary N) is 1. The Morgan fingerprint density at radius 2 is 1.79 bits per heavy atom. The lowest BCUT2D eigenvalue weighted by molar-refractivity contribution is 0.457. The molecule has 0 aliphatic heterocycles. The van der Waals surface area contributed by atoms with Gasteiger partial charge < -0.3 is 11.1 Å². The van der Waals surface area contributed by atoms with E-state index < -0.39 is 0 Å². The molecule has 0 atom stereocenters. The van der Waals surface area contributed by atoms with Crippen molar-refractivity contribution in [2.75, 3.05) is 11.1 Å². The van der Waals surface area contributed by atoms with Crippen LogP contribution in [0.3, 0.4) is 0 Å². The van der Waals surface area contributed by atoms with Gasteiger partial charge in [0.25, 0.3) is 0 Å². The summed E-state index contributed by atoms with van der Waals surface area (Å²) in [5, 5.41) is 4.62. The number of pyridine rings is 1. The smallest absolute Gasteiger partial charge is 0.0724 e. The highest BCUT2D eigenvalue weighted by molar-refractivity contribution is 5.97. The Bertz CT molecular complexity index is 629. The maximum Gasteiger partial charge on any atom is 0.0724 e. The molecule has 1 heterocycles. The van der Waals surface area contributed by atoms with E-state index in [0.29, 0.717) is 16.9 Å². The topological polar surface area (TPSA) is 50.9 Å². The SMILES string of the molecule is CC1(C)C(Nc2ccc3ncccc3c2N)C1(C)C. The first-order valence-electron chi connectivity index (χ1n) is 6.75. The molecule has 19 heavy (non-hydrogen) atoms. The maximum atomic E-state index is 6.27. The zero-order valence-corrected chi connectivity index (χ0v) is 12.0. The van der Waals surface area contributed by atoms with E-state index in [0.717, 1.165) is 22.3 Å². The van der Waals surface area contributed by atoms with Crippen LogP contribution >= 0.6 is 0 Å². The highest BCUT2D eigenvalue weighted by Gasteiger charge is 2.65. The minimum atomic E-state index is 0.295. The van der Waals surface area contributed by atoms with Gasteiger partial charge in [0.2, 0.25) is 0 Å². The first kappa shape index (κ1) is 12.3. The minimum absolute atomic E-state index is 0.295. The molecule has 1 aromatic heterocycles. The highest BCUT2D eigenvalue weighted by Crippen LogP contribution is 2.64. The Labute approximate surface area is 114 Å². The quantitative estimate of drug-likeness (QED) is 0.805. The average molecular weight is 255 g/mol. The van der Waals surface area contributed by atoms with E-state index in [1.165, 1.54) is 0 Å². The van der Waals surface area contributed by atoms with Crippen LogP contribution in [0.15, 0.2) is 30.5 Å². The predicted molar refractivity (Wildman–Crippen MR) is 81.1 cm³/mol. The Morgan fingerprint density at radius 3 is 2.42 bits per heavy atom. The van der Waals surface area contributed by atoms with Crippen LogP contribution in [0.5, 0.6) is 0 Å². The standard InChI is InChI=1S/C16H21N3/c1-15(2)14(16(15,3)4)19-12-8-7-11-10(13(12)17)6-5-9-18-11/h5-9,14,19H,17H2,1-4H3. The lowest BCUT2D eigenvalue weighted by atomic mass is 10.0. The van der Waals surface area contributed by atoms with Crippen LogP contribution in [0.2, 0.25) is 0 Å². The fraction of sp³-hybridized carbons (Fsp3) is 0.438. The molecule has 0 bridgehead atoms. The number of rotatable bonds is 2. The van der Waals surface area contributed by atoms with Gasteiger partial charge in [0.1, 0.15) is 0 Å². The molecule has 1 saturated carbocycles. The third-order valence-corrected chi connectivity index (χ3v) is 5.15. The summed E-state index contributed by atoms with van der Waals surface area (Å²) in [6.45, 7) is 9.18. The van der Waals surface area contributed by atoms with Gasteiger partial charge in [-0.25, -0.2) is 0 Å².